The zero-order chi connectivity index (χ0) is 14.5. The van der Waals surface area contributed by atoms with Crippen molar-refractivity contribution in [3.8, 4) is 5.75 Å². The van der Waals surface area contributed by atoms with E-state index in [4.69, 9.17) is 16.3 Å². The molecule has 5 heteroatoms. The van der Waals surface area contributed by atoms with Gasteiger partial charge in [0.05, 0.1) is 5.69 Å². The second-order valence-electron chi connectivity index (χ2n) is 4.18. The van der Waals surface area contributed by atoms with Gasteiger partial charge in [0, 0.05) is 9.50 Å². The smallest absolute Gasteiger partial charge is 0.265 e. The van der Waals surface area contributed by atoms with E-state index in [9.17, 15) is 4.79 Å². The third-order valence-electron chi connectivity index (χ3n) is 2.63. The summed E-state index contributed by atoms with van der Waals surface area (Å²) in [6.07, 6.45) is -0.608. The zero-order valence-electron chi connectivity index (χ0n) is 10.8. The summed E-state index contributed by atoms with van der Waals surface area (Å²) in [6, 6.07) is 14.3. The fraction of sp³-hybridized carbons (Fsp3) is 0.133. The second-order valence-corrected chi connectivity index (χ2v) is 5.47. The number of hydrogen-bond donors (Lipinski definition) is 1. The Morgan fingerprint density at radius 3 is 2.50 bits per heavy atom. The number of anilines is 1. The molecule has 0 spiro atoms. The van der Waals surface area contributed by atoms with Crippen LogP contribution in [0.5, 0.6) is 5.75 Å². The molecule has 0 radical (unpaired) electrons. The maximum absolute atomic E-state index is 12.1. The number of halogens is 2. The topological polar surface area (TPSA) is 38.3 Å². The SMILES string of the molecule is C[C@H](Oc1ccc(Cl)cc1)C(=O)Nc1ccccc1Br. The van der Waals surface area contributed by atoms with E-state index in [1.54, 1.807) is 31.2 Å². The zero-order valence-corrected chi connectivity index (χ0v) is 13.1. The fourth-order valence-electron chi connectivity index (χ4n) is 1.57. The predicted molar refractivity (Wildman–Crippen MR) is 84.3 cm³/mol. The molecule has 0 bridgehead atoms. The van der Waals surface area contributed by atoms with Crippen molar-refractivity contribution >= 4 is 39.1 Å². The minimum atomic E-state index is -0.608. The summed E-state index contributed by atoms with van der Waals surface area (Å²) in [4.78, 5) is 12.1. The van der Waals surface area contributed by atoms with Gasteiger partial charge in [0.15, 0.2) is 6.10 Å². The molecule has 2 rings (SSSR count). The van der Waals surface area contributed by atoms with Crippen molar-refractivity contribution in [1.29, 1.82) is 0 Å². The van der Waals surface area contributed by atoms with Gasteiger partial charge in [-0.25, -0.2) is 0 Å². The van der Waals surface area contributed by atoms with Crippen molar-refractivity contribution < 1.29 is 9.53 Å². The Morgan fingerprint density at radius 1 is 1.20 bits per heavy atom. The Bertz CT molecular complexity index is 601. The quantitative estimate of drug-likeness (QED) is 0.877. The van der Waals surface area contributed by atoms with Crippen LogP contribution < -0.4 is 10.1 Å². The van der Waals surface area contributed by atoms with Gasteiger partial charge >= 0.3 is 0 Å². The Morgan fingerprint density at radius 2 is 1.85 bits per heavy atom. The van der Waals surface area contributed by atoms with Crippen molar-refractivity contribution in [3.63, 3.8) is 0 Å². The molecule has 0 aliphatic heterocycles. The van der Waals surface area contributed by atoms with Gasteiger partial charge in [-0.05, 0) is 59.3 Å². The van der Waals surface area contributed by atoms with Gasteiger partial charge in [-0.2, -0.15) is 0 Å². The number of carbonyl (C=O) groups excluding carboxylic acids is 1. The maximum atomic E-state index is 12.1. The lowest BCUT2D eigenvalue weighted by Crippen LogP contribution is -2.30. The molecule has 20 heavy (non-hydrogen) atoms. The van der Waals surface area contributed by atoms with Crippen molar-refractivity contribution in [1.82, 2.24) is 0 Å². The summed E-state index contributed by atoms with van der Waals surface area (Å²) < 4.78 is 6.38. The lowest BCUT2D eigenvalue weighted by atomic mass is 10.3. The molecule has 2 aromatic carbocycles. The number of ether oxygens (including phenoxy) is 1. The van der Waals surface area contributed by atoms with Crippen LogP contribution in [0.2, 0.25) is 5.02 Å². The Hall–Kier alpha value is -1.52. The van der Waals surface area contributed by atoms with Gasteiger partial charge in [0.2, 0.25) is 0 Å². The van der Waals surface area contributed by atoms with Gasteiger partial charge < -0.3 is 10.1 Å². The number of carbonyl (C=O) groups is 1. The van der Waals surface area contributed by atoms with Crippen molar-refractivity contribution in [2.24, 2.45) is 0 Å². The molecule has 0 saturated heterocycles. The number of amides is 1. The molecular formula is C15H13BrClNO2. The van der Waals surface area contributed by atoms with E-state index in [-0.39, 0.29) is 5.91 Å². The highest BCUT2D eigenvalue weighted by Gasteiger charge is 2.15. The van der Waals surface area contributed by atoms with Gasteiger partial charge in [0.1, 0.15) is 5.75 Å². The Labute approximate surface area is 131 Å². The number of benzene rings is 2. The molecule has 0 aromatic heterocycles. The monoisotopic (exact) mass is 353 g/mol. The third-order valence-corrected chi connectivity index (χ3v) is 3.57. The van der Waals surface area contributed by atoms with Crippen LogP contribution in [0.4, 0.5) is 5.69 Å². The van der Waals surface area contributed by atoms with Crippen LogP contribution in [0.15, 0.2) is 53.0 Å². The molecule has 2 aromatic rings. The average molecular weight is 355 g/mol. The first-order valence-corrected chi connectivity index (χ1v) is 7.21. The summed E-state index contributed by atoms with van der Waals surface area (Å²) in [5.74, 6) is 0.385. The highest BCUT2D eigenvalue weighted by atomic mass is 79.9. The first-order chi connectivity index (χ1) is 9.56. The van der Waals surface area contributed by atoms with Crippen LogP contribution in [-0.4, -0.2) is 12.0 Å². The number of nitrogens with one attached hydrogen (secondary N) is 1. The average Bonchev–Trinajstić information content (AvgIpc) is 2.44. The minimum absolute atomic E-state index is 0.216. The molecule has 0 saturated carbocycles. The normalized spacial score (nSPS) is 11.8. The van der Waals surface area contributed by atoms with E-state index in [0.717, 1.165) is 4.47 Å². The number of hydrogen-bond acceptors (Lipinski definition) is 2. The van der Waals surface area contributed by atoms with E-state index >= 15 is 0 Å². The molecule has 0 fully saturated rings. The maximum Gasteiger partial charge on any atom is 0.265 e. The predicted octanol–water partition coefficient (Wildman–Crippen LogP) is 4.51. The minimum Gasteiger partial charge on any atom is -0.481 e. The molecule has 0 heterocycles. The van der Waals surface area contributed by atoms with Crippen LogP contribution in [0.3, 0.4) is 0 Å². The number of rotatable bonds is 4. The standard InChI is InChI=1S/C15H13BrClNO2/c1-10(20-12-8-6-11(17)7-9-12)15(19)18-14-5-3-2-4-13(14)16/h2-10H,1H3,(H,18,19)/t10-/m0/s1. The summed E-state index contributed by atoms with van der Waals surface area (Å²) in [5, 5.41) is 3.43. The second kappa shape index (κ2) is 6.77. The van der Waals surface area contributed by atoms with Gasteiger partial charge in [-0.3, -0.25) is 4.79 Å². The van der Waals surface area contributed by atoms with Gasteiger partial charge in [-0.15, -0.1) is 0 Å². The van der Waals surface area contributed by atoms with Crippen LogP contribution >= 0.6 is 27.5 Å². The Kier molecular flexibility index (Phi) is 5.04. The molecule has 0 aliphatic rings. The van der Waals surface area contributed by atoms with Crippen molar-refractivity contribution in [3.05, 3.63) is 58.0 Å². The summed E-state index contributed by atoms with van der Waals surface area (Å²) in [6.45, 7) is 1.70. The van der Waals surface area contributed by atoms with E-state index in [0.29, 0.717) is 16.5 Å². The van der Waals surface area contributed by atoms with Gasteiger partial charge in [-0.1, -0.05) is 23.7 Å². The van der Waals surface area contributed by atoms with Crippen molar-refractivity contribution in [2.45, 2.75) is 13.0 Å². The van der Waals surface area contributed by atoms with E-state index < -0.39 is 6.10 Å². The lowest BCUT2D eigenvalue weighted by molar-refractivity contribution is -0.122. The summed E-state index contributed by atoms with van der Waals surface area (Å²) >= 11 is 9.17. The lowest BCUT2D eigenvalue weighted by Gasteiger charge is -2.15. The molecule has 3 nitrogen and oxygen atoms in total. The van der Waals surface area contributed by atoms with E-state index in [1.165, 1.54) is 0 Å². The van der Waals surface area contributed by atoms with Crippen LogP contribution in [-0.2, 0) is 4.79 Å². The summed E-state index contributed by atoms with van der Waals surface area (Å²) in [7, 11) is 0. The van der Waals surface area contributed by atoms with E-state index in [1.807, 2.05) is 24.3 Å². The highest BCUT2D eigenvalue weighted by molar-refractivity contribution is 9.10. The molecular weight excluding hydrogens is 342 g/mol. The Balaban J connectivity index is 1.99. The van der Waals surface area contributed by atoms with E-state index in [2.05, 4.69) is 21.2 Å². The highest BCUT2D eigenvalue weighted by Crippen LogP contribution is 2.22. The van der Waals surface area contributed by atoms with Crippen LogP contribution in [0.1, 0.15) is 6.92 Å². The fourth-order valence-corrected chi connectivity index (χ4v) is 2.08. The van der Waals surface area contributed by atoms with Crippen molar-refractivity contribution in [2.75, 3.05) is 5.32 Å². The third kappa shape index (κ3) is 3.99. The number of para-hydroxylation sites is 1. The molecule has 104 valence electrons. The summed E-state index contributed by atoms with van der Waals surface area (Å²) in [5.41, 5.74) is 0.712. The molecule has 1 N–H and O–H groups in total. The molecule has 0 aliphatic carbocycles. The van der Waals surface area contributed by atoms with Crippen LogP contribution in [0, 0.1) is 0 Å². The molecule has 0 unspecified atom stereocenters. The first kappa shape index (κ1) is 14.9. The van der Waals surface area contributed by atoms with Crippen LogP contribution in [0.25, 0.3) is 0 Å². The first-order valence-electron chi connectivity index (χ1n) is 6.04. The largest absolute Gasteiger partial charge is 0.481 e. The molecule has 1 amide bonds. The molecule has 1 atom stereocenters. The van der Waals surface area contributed by atoms with Gasteiger partial charge in [0.25, 0.3) is 5.91 Å².